The number of anilines is 2. The Labute approximate surface area is 158 Å². The minimum Gasteiger partial charge on any atom is -0.399 e. The van der Waals surface area contributed by atoms with Gasteiger partial charge in [0.1, 0.15) is 0 Å². The van der Waals surface area contributed by atoms with Crippen LogP contribution in [0.1, 0.15) is 0 Å². The lowest BCUT2D eigenvalue weighted by molar-refractivity contribution is -0.113. The zero-order chi connectivity index (χ0) is 17.8. The van der Waals surface area contributed by atoms with Crippen LogP contribution in [-0.2, 0) is 11.8 Å². The Balaban J connectivity index is 1.64. The second-order valence-electron chi connectivity index (χ2n) is 5.33. The van der Waals surface area contributed by atoms with Gasteiger partial charge in [-0.15, -0.1) is 10.2 Å². The second kappa shape index (κ2) is 7.71. The van der Waals surface area contributed by atoms with E-state index >= 15 is 0 Å². The van der Waals surface area contributed by atoms with Crippen LogP contribution in [0.15, 0.2) is 58.2 Å². The van der Waals surface area contributed by atoms with Crippen LogP contribution in [0.4, 0.5) is 11.4 Å². The Hall–Kier alpha value is -2.32. The maximum Gasteiger partial charge on any atom is 0.234 e. The average Bonchev–Trinajstić information content (AvgIpc) is 2.94. The van der Waals surface area contributed by atoms with Crippen LogP contribution in [0.25, 0.3) is 11.4 Å². The number of thioether (sulfide) groups is 1. The van der Waals surface area contributed by atoms with E-state index in [9.17, 15) is 4.79 Å². The van der Waals surface area contributed by atoms with Crippen molar-refractivity contribution in [1.82, 2.24) is 14.8 Å². The van der Waals surface area contributed by atoms with Crippen molar-refractivity contribution in [3.05, 3.63) is 53.0 Å². The Morgan fingerprint density at radius 2 is 2.00 bits per heavy atom. The molecule has 0 aliphatic heterocycles. The molecule has 0 atom stereocenters. The Morgan fingerprint density at radius 3 is 2.72 bits per heavy atom. The second-order valence-corrected chi connectivity index (χ2v) is 7.19. The number of hydrogen-bond acceptors (Lipinski definition) is 5. The molecule has 8 heteroatoms. The summed E-state index contributed by atoms with van der Waals surface area (Å²) in [6.07, 6.45) is 0. The molecule has 3 aromatic rings. The minimum atomic E-state index is -0.121. The van der Waals surface area contributed by atoms with Gasteiger partial charge in [-0.1, -0.05) is 45.9 Å². The van der Waals surface area contributed by atoms with E-state index in [1.54, 1.807) is 24.3 Å². The molecular weight excluding hydrogens is 402 g/mol. The van der Waals surface area contributed by atoms with Gasteiger partial charge in [-0.05, 0) is 30.3 Å². The maximum atomic E-state index is 12.1. The lowest BCUT2D eigenvalue weighted by Crippen LogP contribution is -2.14. The first-order valence-electron chi connectivity index (χ1n) is 7.46. The number of nitrogen functional groups attached to an aromatic ring is 1. The highest BCUT2D eigenvalue weighted by atomic mass is 79.9. The fourth-order valence-corrected chi connectivity index (χ4v) is 3.21. The topological polar surface area (TPSA) is 85.8 Å². The number of nitrogens with one attached hydrogen (secondary N) is 1. The molecule has 2 aromatic carbocycles. The van der Waals surface area contributed by atoms with Crippen LogP contribution >= 0.6 is 27.7 Å². The molecule has 1 heterocycles. The summed E-state index contributed by atoms with van der Waals surface area (Å²) in [6, 6.07) is 14.9. The van der Waals surface area contributed by atoms with Crippen LogP contribution in [0.3, 0.4) is 0 Å². The van der Waals surface area contributed by atoms with E-state index in [1.807, 2.05) is 35.9 Å². The van der Waals surface area contributed by atoms with Gasteiger partial charge < -0.3 is 15.6 Å². The van der Waals surface area contributed by atoms with E-state index < -0.39 is 0 Å². The summed E-state index contributed by atoms with van der Waals surface area (Å²) in [5, 5.41) is 11.9. The lowest BCUT2D eigenvalue weighted by atomic mass is 10.2. The normalized spacial score (nSPS) is 10.6. The molecule has 0 aliphatic rings. The quantitative estimate of drug-likeness (QED) is 0.489. The first-order chi connectivity index (χ1) is 12.0. The van der Waals surface area contributed by atoms with Crippen molar-refractivity contribution in [3.8, 4) is 11.4 Å². The third kappa shape index (κ3) is 4.40. The SMILES string of the molecule is Cn1c(SCC(=O)Nc2cccc(N)c2)nnc1-c1ccc(Br)cc1. The van der Waals surface area contributed by atoms with Gasteiger partial charge in [-0.2, -0.15) is 0 Å². The number of hydrogen-bond donors (Lipinski definition) is 2. The molecule has 1 amide bonds. The molecule has 3 N–H and O–H groups in total. The number of rotatable bonds is 5. The fourth-order valence-electron chi connectivity index (χ4n) is 2.23. The summed E-state index contributed by atoms with van der Waals surface area (Å²) < 4.78 is 2.88. The molecule has 25 heavy (non-hydrogen) atoms. The van der Waals surface area contributed by atoms with Crippen LogP contribution in [0, 0.1) is 0 Å². The number of aromatic nitrogens is 3. The Bertz CT molecular complexity index is 894. The molecule has 3 rings (SSSR count). The molecular formula is C17H16BrN5OS. The van der Waals surface area contributed by atoms with Gasteiger partial charge in [0.15, 0.2) is 11.0 Å². The fraction of sp³-hybridized carbons (Fsp3) is 0.118. The Kier molecular flexibility index (Phi) is 5.40. The number of amides is 1. The summed E-state index contributed by atoms with van der Waals surface area (Å²) in [6.45, 7) is 0. The molecule has 0 aliphatic carbocycles. The zero-order valence-electron chi connectivity index (χ0n) is 13.4. The first kappa shape index (κ1) is 17.5. The summed E-state index contributed by atoms with van der Waals surface area (Å²) in [7, 11) is 1.88. The van der Waals surface area contributed by atoms with Gasteiger partial charge in [0.25, 0.3) is 0 Å². The van der Waals surface area contributed by atoms with Crippen molar-refractivity contribution in [2.75, 3.05) is 16.8 Å². The number of benzene rings is 2. The van der Waals surface area contributed by atoms with Crippen molar-refractivity contribution in [2.24, 2.45) is 7.05 Å². The number of nitrogens with zero attached hydrogens (tertiary/aromatic N) is 3. The highest BCUT2D eigenvalue weighted by molar-refractivity contribution is 9.10. The van der Waals surface area contributed by atoms with Crippen molar-refractivity contribution in [3.63, 3.8) is 0 Å². The molecule has 0 spiro atoms. The summed E-state index contributed by atoms with van der Waals surface area (Å²) in [5.74, 6) is 0.872. The van der Waals surface area contributed by atoms with E-state index in [-0.39, 0.29) is 11.7 Å². The van der Waals surface area contributed by atoms with E-state index in [0.717, 1.165) is 15.9 Å². The predicted molar refractivity (Wildman–Crippen MR) is 104 cm³/mol. The third-order valence-electron chi connectivity index (χ3n) is 3.44. The van der Waals surface area contributed by atoms with Gasteiger partial charge >= 0.3 is 0 Å². The summed E-state index contributed by atoms with van der Waals surface area (Å²) >= 11 is 4.75. The van der Waals surface area contributed by atoms with Crippen LogP contribution in [0.2, 0.25) is 0 Å². The van der Waals surface area contributed by atoms with Gasteiger partial charge in [0.2, 0.25) is 5.91 Å². The molecule has 0 saturated carbocycles. The molecule has 6 nitrogen and oxygen atoms in total. The number of halogens is 1. The maximum absolute atomic E-state index is 12.1. The van der Waals surface area contributed by atoms with Crippen LogP contribution in [0.5, 0.6) is 0 Å². The Morgan fingerprint density at radius 1 is 1.24 bits per heavy atom. The number of nitrogens with two attached hydrogens (primary N) is 1. The van der Waals surface area contributed by atoms with Gasteiger partial charge in [0.05, 0.1) is 5.75 Å². The van der Waals surface area contributed by atoms with E-state index in [0.29, 0.717) is 16.5 Å². The largest absolute Gasteiger partial charge is 0.399 e. The first-order valence-corrected chi connectivity index (χ1v) is 9.24. The number of carbonyl (C=O) groups excluding carboxylic acids is 1. The summed E-state index contributed by atoms with van der Waals surface area (Å²) in [4.78, 5) is 12.1. The van der Waals surface area contributed by atoms with Crippen molar-refractivity contribution in [1.29, 1.82) is 0 Å². The van der Waals surface area contributed by atoms with Gasteiger partial charge in [0, 0.05) is 28.5 Å². The van der Waals surface area contributed by atoms with E-state index in [2.05, 4.69) is 31.4 Å². The van der Waals surface area contributed by atoms with E-state index in [4.69, 9.17) is 5.73 Å². The molecule has 0 bridgehead atoms. The van der Waals surface area contributed by atoms with Gasteiger partial charge in [-0.3, -0.25) is 4.79 Å². The van der Waals surface area contributed by atoms with Crippen LogP contribution < -0.4 is 11.1 Å². The minimum absolute atomic E-state index is 0.121. The van der Waals surface area contributed by atoms with E-state index in [1.165, 1.54) is 11.8 Å². The molecule has 0 saturated heterocycles. The standard InChI is InChI=1S/C17H16BrN5OS/c1-23-16(11-5-7-12(18)8-6-11)21-22-17(23)25-10-15(24)20-14-4-2-3-13(19)9-14/h2-9H,10,19H2,1H3,(H,20,24). The van der Waals surface area contributed by atoms with Crippen molar-refractivity contribution in [2.45, 2.75) is 5.16 Å². The van der Waals surface area contributed by atoms with Gasteiger partial charge in [-0.25, -0.2) is 0 Å². The highest BCUT2D eigenvalue weighted by Gasteiger charge is 2.13. The lowest BCUT2D eigenvalue weighted by Gasteiger charge is -2.06. The average molecular weight is 418 g/mol. The van der Waals surface area contributed by atoms with Crippen LogP contribution in [-0.4, -0.2) is 26.4 Å². The molecule has 0 unspecified atom stereocenters. The zero-order valence-corrected chi connectivity index (χ0v) is 15.8. The van der Waals surface area contributed by atoms with Crippen molar-refractivity contribution >= 4 is 45.0 Å². The van der Waals surface area contributed by atoms with Crippen molar-refractivity contribution < 1.29 is 4.79 Å². The summed E-state index contributed by atoms with van der Waals surface area (Å²) in [5.41, 5.74) is 7.96. The molecule has 128 valence electrons. The molecule has 0 fully saturated rings. The third-order valence-corrected chi connectivity index (χ3v) is 4.99. The monoisotopic (exact) mass is 417 g/mol. The smallest absolute Gasteiger partial charge is 0.234 e. The number of carbonyl (C=O) groups is 1. The molecule has 1 aromatic heterocycles. The highest BCUT2D eigenvalue weighted by Crippen LogP contribution is 2.24. The predicted octanol–water partition coefficient (Wildman–Crippen LogP) is 3.56. The molecule has 0 radical (unpaired) electrons.